The minimum Gasteiger partial charge on any atom is -0.377 e. The molecule has 5 heteroatoms. The van der Waals surface area contributed by atoms with E-state index in [0.29, 0.717) is 6.10 Å². The van der Waals surface area contributed by atoms with Crippen molar-refractivity contribution in [1.82, 2.24) is 5.32 Å². The van der Waals surface area contributed by atoms with Crippen LogP contribution < -0.4 is 11.1 Å². The maximum Gasteiger partial charge on any atom is 0.241 e. The number of ether oxygens (including phenoxy) is 2. The third kappa shape index (κ3) is 1.41. The van der Waals surface area contributed by atoms with Crippen LogP contribution in [0.1, 0.15) is 39.5 Å². The predicted octanol–water partition coefficient (Wildman–Crippen LogP) is 0.565. The number of carbonyl (C=O) groups excluding carboxylic acids is 1. The fraction of sp³-hybridized carbons (Fsp3) is 0.933. The summed E-state index contributed by atoms with van der Waals surface area (Å²) in [6.45, 7) is 4.83. The molecular formula is C15H24N2O3. The number of rotatable bonds is 2. The highest BCUT2D eigenvalue weighted by molar-refractivity contribution is 5.90. The van der Waals surface area contributed by atoms with Gasteiger partial charge in [-0.1, -0.05) is 13.8 Å². The second kappa shape index (κ2) is 3.96. The molecule has 1 amide bonds. The fourth-order valence-electron chi connectivity index (χ4n) is 4.92. The van der Waals surface area contributed by atoms with E-state index in [0.717, 1.165) is 32.3 Å². The Kier molecular flexibility index (Phi) is 2.58. The van der Waals surface area contributed by atoms with E-state index in [-0.39, 0.29) is 35.5 Å². The molecule has 1 aliphatic carbocycles. The Bertz CT molecular complexity index is 452. The van der Waals surface area contributed by atoms with Crippen LogP contribution in [0.15, 0.2) is 0 Å². The van der Waals surface area contributed by atoms with Crippen molar-refractivity contribution < 1.29 is 14.3 Å². The van der Waals surface area contributed by atoms with E-state index in [9.17, 15) is 4.79 Å². The summed E-state index contributed by atoms with van der Waals surface area (Å²) in [7, 11) is 0. The van der Waals surface area contributed by atoms with Crippen molar-refractivity contribution >= 4 is 5.91 Å². The molecule has 0 spiro atoms. The summed E-state index contributed by atoms with van der Waals surface area (Å²) < 4.78 is 11.6. The van der Waals surface area contributed by atoms with Crippen molar-refractivity contribution in [2.45, 2.75) is 69.4 Å². The van der Waals surface area contributed by atoms with Crippen molar-refractivity contribution in [3.05, 3.63) is 0 Å². The first-order valence-electron chi connectivity index (χ1n) is 7.81. The van der Waals surface area contributed by atoms with Crippen molar-refractivity contribution in [2.24, 2.45) is 17.1 Å². The van der Waals surface area contributed by atoms with Crippen LogP contribution in [-0.2, 0) is 14.3 Å². The first-order chi connectivity index (χ1) is 9.44. The predicted molar refractivity (Wildman–Crippen MR) is 73.0 cm³/mol. The van der Waals surface area contributed by atoms with Crippen molar-refractivity contribution in [3.8, 4) is 0 Å². The van der Waals surface area contributed by atoms with E-state index in [2.05, 4.69) is 19.2 Å². The van der Waals surface area contributed by atoms with Crippen LogP contribution >= 0.6 is 0 Å². The Morgan fingerprint density at radius 3 is 2.75 bits per heavy atom. The summed E-state index contributed by atoms with van der Waals surface area (Å²) in [6, 6.07) is 0.152. The summed E-state index contributed by atoms with van der Waals surface area (Å²) >= 11 is 0. The largest absolute Gasteiger partial charge is 0.377 e. The van der Waals surface area contributed by atoms with Crippen LogP contribution in [-0.4, -0.2) is 42.4 Å². The summed E-state index contributed by atoms with van der Waals surface area (Å²) in [5.74, 6) is 0.160. The molecule has 0 radical (unpaired) electrons. The molecule has 112 valence electrons. The Morgan fingerprint density at radius 1 is 1.30 bits per heavy atom. The van der Waals surface area contributed by atoms with Gasteiger partial charge in [0.15, 0.2) is 0 Å². The van der Waals surface area contributed by atoms with Crippen LogP contribution in [0.4, 0.5) is 0 Å². The summed E-state index contributed by atoms with van der Waals surface area (Å²) in [4.78, 5) is 12.8. The second-order valence-corrected chi connectivity index (χ2v) is 7.47. The Labute approximate surface area is 119 Å². The summed E-state index contributed by atoms with van der Waals surface area (Å²) in [5.41, 5.74) is 5.46. The number of nitrogens with one attached hydrogen (secondary N) is 1. The molecule has 3 aliphatic heterocycles. The van der Waals surface area contributed by atoms with Crippen molar-refractivity contribution in [3.63, 3.8) is 0 Å². The number of hydrogen-bond acceptors (Lipinski definition) is 4. The molecular weight excluding hydrogens is 256 g/mol. The molecule has 4 rings (SSSR count). The first-order valence-corrected chi connectivity index (χ1v) is 7.81. The number of hydrogen-bond donors (Lipinski definition) is 2. The van der Waals surface area contributed by atoms with Crippen LogP contribution in [0.3, 0.4) is 0 Å². The monoisotopic (exact) mass is 280 g/mol. The topological polar surface area (TPSA) is 73.6 Å². The lowest BCUT2D eigenvalue weighted by atomic mass is 9.48. The number of nitrogens with two attached hydrogens (primary N) is 1. The molecule has 0 aromatic heterocycles. The van der Waals surface area contributed by atoms with Gasteiger partial charge in [-0.2, -0.15) is 0 Å². The highest BCUT2D eigenvalue weighted by Gasteiger charge is 2.71. The zero-order valence-electron chi connectivity index (χ0n) is 12.2. The molecule has 3 heterocycles. The minimum atomic E-state index is -0.796. The molecule has 6 unspecified atom stereocenters. The number of carbonyl (C=O) groups is 1. The van der Waals surface area contributed by atoms with Crippen LogP contribution in [0.25, 0.3) is 0 Å². The molecule has 2 bridgehead atoms. The van der Waals surface area contributed by atoms with Gasteiger partial charge in [0.05, 0.1) is 24.4 Å². The molecule has 20 heavy (non-hydrogen) atoms. The van der Waals surface area contributed by atoms with E-state index in [4.69, 9.17) is 15.2 Å². The second-order valence-electron chi connectivity index (χ2n) is 7.47. The molecule has 3 N–H and O–H groups in total. The van der Waals surface area contributed by atoms with Gasteiger partial charge in [0, 0.05) is 17.9 Å². The van der Waals surface area contributed by atoms with E-state index < -0.39 is 5.54 Å². The standard InChI is InChI=1S/C15H24N2O3/c1-14(2)12-9(5-6-19-12)15(14,16)13(18)17-10-7-8-3-4-11(10)20-8/h8-12H,3-7,16H2,1-2H3,(H,17,18). The van der Waals surface area contributed by atoms with E-state index >= 15 is 0 Å². The molecule has 4 fully saturated rings. The van der Waals surface area contributed by atoms with Gasteiger partial charge in [-0.15, -0.1) is 0 Å². The Balaban J connectivity index is 1.50. The molecule has 0 aromatic carbocycles. The molecule has 5 nitrogen and oxygen atoms in total. The Morgan fingerprint density at radius 2 is 2.10 bits per heavy atom. The van der Waals surface area contributed by atoms with Gasteiger partial charge >= 0.3 is 0 Å². The first kappa shape index (κ1) is 13.0. The van der Waals surface area contributed by atoms with E-state index in [1.165, 1.54) is 0 Å². The highest BCUT2D eigenvalue weighted by atomic mass is 16.5. The molecule has 1 saturated carbocycles. The van der Waals surface area contributed by atoms with Crippen molar-refractivity contribution in [1.29, 1.82) is 0 Å². The van der Waals surface area contributed by atoms with Gasteiger partial charge in [0.1, 0.15) is 5.54 Å². The van der Waals surface area contributed by atoms with Gasteiger partial charge in [0.2, 0.25) is 5.91 Å². The van der Waals surface area contributed by atoms with Gasteiger partial charge in [-0.05, 0) is 25.7 Å². The zero-order valence-corrected chi connectivity index (χ0v) is 12.2. The SMILES string of the molecule is CC1(C)C2OCCC2C1(N)C(=O)NC1CC2CCC1O2. The van der Waals surface area contributed by atoms with Crippen molar-refractivity contribution in [2.75, 3.05) is 6.61 Å². The lowest BCUT2D eigenvalue weighted by Crippen LogP contribution is -2.80. The number of amides is 1. The minimum absolute atomic E-state index is 0.00426. The lowest BCUT2D eigenvalue weighted by Gasteiger charge is -2.60. The molecule has 0 aromatic rings. The zero-order chi connectivity index (χ0) is 14.1. The maximum absolute atomic E-state index is 12.8. The van der Waals surface area contributed by atoms with Crippen LogP contribution in [0.2, 0.25) is 0 Å². The van der Waals surface area contributed by atoms with E-state index in [1.54, 1.807) is 0 Å². The number of fused-ring (bicyclic) bond motifs is 3. The maximum atomic E-state index is 12.8. The van der Waals surface area contributed by atoms with Crippen LogP contribution in [0, 0.1) is 11.3 Å². The third-order valence-corrected chi connectivity index (χ3v) is 6.25. The van der Waals surface area contributed by atoms with Gasteiger partial charge in [-0.25, -0.2) is 0 Å². The Hall–Kier alpha value is -0.650. The fourth-order valence-corrected chi connectivity index (χ4v) is 4.92. The smallest absolute Gasteiger partial charge is 0.241 e. The molecule has 3 saturated heterocycles. The third-order valence-electron chi connectivity index (χ3n) is 6.25. The summed E-state index contributed by atoms with van der Waals surface area (Å²) in [5, 5.41) is 3.18. The average molecular weight is 280 g/mol. The molecule has 6 atom stereocenters. The molecule has 4 aliphatic rings. The van der Waals surface area contributed by atoms with Gasteiger partial charge in [0.25, 0.3) is 0 Å². The quantitative estimate of drug-likeness (QED) is 0.775. The van der Waals surface area contributed by atoms with Gasteiger partial charge < -0.3 is 20.5 Å². The lowest BCUT2D eigenvalue weighted by molar-refractivity contribution is -0.176. The average Bonchev–Trinajstić information content (AvgIpc) is 3.12. The van der Waals surface area contributed by atoms with Crippen LogP contribution in [0.5, 0.6) is 0 Å². The highest BCUT2D eigenvalue weighted by Crippen LogP contribution is 2.58. The summed E-state index contributed by atoms with van der Waals surface area (Å²) in [6.07, 6.45) is 4.71. The van der Waals surface area contributed by atoms with Gasteiger partial charge in [-0.3, -0.25) is 4.79 Å². The normalized spacial score (nSPS) is 51.6. The van der Waals surface area contributed by atoms with E-state index in [1.807, 2.05) is 0 Å².